The number of nitrogens with zero attached hydrogens (tertiary/aromatic N) is 5. The summed E-state index contributed by atoms with van der Waals surface area (Å²) in [6.45, 7) is 3.86. The average Bonchev–Trinajstić information content (AvgIpc) is 3.29. The lowest BCUT2D eigenvalue weighted by atomic mass is 10.2. The molecule has 5 rings (SSSR count). The van der Waals surface area contributed by atoms with Crippen LogP contribution in [0.3, 0.4) is 0 Å². The highest BCUT2D eigenvalue weighted by Gasteiger charge is 2.13. The number of rotatable bonds is 2. The van der Waals surface area contributed by atoms with Crippen LogP contribution in [0.1, 0.15) is 11.4 Å². The Morgan fingerprint density at radius 3 is 2.70 bits per heavy atom. The minimum atomic E-state index is -0.290. The van der Waals surface area contributed by atoms with Gasteiger partial charge in [0.1, 0.15) is 11.6 Å². The van der Waals surface area contributed by atoms with Crippen LogP contribution in [-0.4, -0.2) is 29.5 Å². The molecule has 7 heteroatoms. The van der Waals surface area contributed by atoms with Crippen molar-refractivity contribution in [2.24, 2.45) is 0 Å². The molecule has 0 radical (unpaired) electrons. The highest BCUT2D eigenvalue weighted by molar-refractivity contribution is 5.83. The van der Waals surface area contributed by atoms with Crippen molar-refractivity contribution in [3.05, 3.63) is 65.9 Å². The normalized spacial score (nSPS) is 11.5. The van der Waals surface area contributed by atoms with E-state index in [2.05, 4.69) is 25.0 Å². The Morgan fingerprint density at radius 1 is 1.00 bits per heavy atom. The maximum absolute atomic E-state index is 13.5. The van der Waals surface area contributed by atoms with Gasteiger partial charge < -0.3 is 4.98 Å². The molecule has 3 aromatic heterocycles. The second-order valence-corrected chi connectivity index (χ2v) is 6.48. The van der Waals surface area contributed by atoms with Gasteiger partial charge in [0.05, 0.1) is 22.4 Å². The van der Waals surface area contributed by atoms with E-state index in [-0.39, 0.29) is 5.82 Å². The van der Waals surface area contributed by atoms with Crippen molar-refractivity contribution in [1.82, 2.24) is 29.5 Å². The predicted molar refractivity (Wildman–Crippen MR) is 101 cm³/mol. The summed E-state index contributed by atoms with van der Waals surface area (Å²) in [5.41, 5.74) is 5.70. The maximum atomic E-state index is 13.5. The maximum Gasteiger partial charge on any atom is 0.182 e. The molecule has 0 spiro atoms. The fourth-order valence-corrected chi connectivity index (χ4v) is 3.13. The van der Waals surface area contributed by atoms with Crippen LogP contribution in [0.25, 0.3) is 39.5 Å². The van der Waals surface area contributed by atoms with E-state index in [4.69, 9.17) is 0 Å². The Morgan fingerprint density at radius 2 is 1.89 bits per heavy atom. The average molecular weight is 358 g/mol. The molecule has 0 aliphatic rings. The molecule has 0 saturated carbocycles. The van der Waals surface area contributed by atoms with E-state index in [0.29, 0.717) is 17.2 Å². The van der Waals surface area contributed by atoms with Gasteiger partial charge in [-0.25, -0.2) is 18.9 Å². The molecule has 3 heterocycles. The van der Waals surface area contributed by atoms with E-state index in [0.717, 1.165) is 33.6 Å². The van der Waals surface area contributed by atoms with E-state index >= 15 is 0 Å². The van der Waals surface area contributed by atoms with Crippen molar-refractivity contribution in [2.75, 3.05) is 0 Å². The van der Waals surface area contributed by atoms with Crippen LogP contribution in [-0.2, 0) is 0 Å². The van der Waals surface area contributed by atoms with Crippen LogP contribution >= 0.6 is 0 Å². The van der Waals surface area contributed by atoms with Gasteiger partial charge in [-0.15, -0.1) is 5.10 Å². The number of fused-ring (bicyclic) bond motifs is 2. The van der Waals surface area contributed by atoms with Crippen LogP contribution in [0.5, 0.6) is 0 Å². The summed E-state index contributed by atoms with van der Waals surface area (Å²) in [4.78, 5) is 16.8. The van der Waals surface area contributed by atoms with Gasteiger partial charge in [0.25, 0.3) is 0 Å². The molecule has 0 fully saturated rings. The SMILES string of the molecule is Cc1ncc(C)n2nc(-c3ccc4[nH]c(-c5cccc(F)c5)nc4c3)nc12. The monoisotopic (exact) mass is 358 g/mol. The zero-order chi connectivity index (χ0) is 18.5. The predicted octanol–water partition coefficient (Wildman–Crippen LogP) is 4.09. The summed E-state index contributed by atoms with van der Waals surface area (Å²) in [7, 11) is 0. The quantitative estimate of drug-likeness (QED) is 0.516. The molecule has 0 unspecified atom stereocenters. The molecule has 0 atom stereocenters. The molecule has 2 aromatic carbocycles. The summed E-state index contributed by atoms with van der Waals surface area (Å²) in [5.74, 6) is 0.953. The first-order valence-electron chi connectivity index (χ1n) is 8.53. The first-order chi connectivity index (χ1) is 13.1. The topological polar surface area (TPSA) is 71.8 Å². The van der Waals surface area contributed by atoms with Crippen molar-refractivity contribution in [1.29, 1.82) is 0 Å². The molecule has 0 aliphatic heterocycles. The molecule has 5 aromatic rings. The van der Waals surface area contributed by atoms with Gasteiger partial charge in [-0.1, -0.05) is 12.1 Å². The third kappa shape index (κ3) is 2.55. The first kappa shape index (κ1) is 15.6. The van der Waals surface area contributed by atoms with Crippen LogP contribution in [0.4, 0.5) is 4.39 Å². The second-order valence-electron chi connectivity index (χ2n) is 6.48. The van der Waals surface area contributed by atoms with E-state index in [1.807, 2.05) is 38.1 Å². The number of hydrogen-bond acceptors (Lipinski definition) is 4. The molecular weight excluding hydrogens is 343 g/mol. The minimum absolute atomic E-state index is 0.290. The van der Waals surface area contributed by atoms with E-state index in [1.165, 1.54) is 12.1 Å². The third-order valence-corrected chi connectivity index (χ3v) is 4.55. The summed E-state index contributed by atoms with van der Waals surface area (Å²) < 4.78 is 15.3. The van der Waals surface area contributed by atoms with Crippen molar-refractivity contribution in [3.63, 3.8) is 0 Å². The summed E-state index contributed by atoms with van der Waals surface area (Å²) in [6, 6.07) is 12.2. The Labute approximate surface area is 153 Å². The lowest BCUT2D eigenvalue weighted by molar-refractivity contribution is 0.628. The number of benzene rings is 2. The van der Waals surface area contributed by atoms with Gasteiger partial charge >= 0.3 is 0 Å². The largest absolute Gasteiger partial charge is 0.338 e. The Balaban J connectivity index is 1.63. The van der Waals surface area contributed by atoms with Crippen LogP contribution in [0.2, 0.25) is 0 Å². The van der Waals surface area contributed by atoms with Crippen LogP contribution in [0.15, 0.2) is 48.7 Å². The molecule has 27 heavy (non-hydrogen) atoms. The van der Waals surface area contributed by atoms with E-state index in [1.54, 1.807) is 16.8 Å². The number of hydrogen-bond donors (Lipinski definition) is 1. The number of H-pyrrole nitrogens is 1. The van der Waals surface area contributed by atoms with Gasteiger partial charge in [0.2, 0.25) is 0 Å². The molecule has 132 valence electrons. The molecule has 0 amide bonds. The summed E-state index contributed by atoms with van der Waals surface area (Å²) in [5, 5.41) is 4.60. The second kappa shape index (κ2) is 5.70. The zero-order valence-corrected chi connectivity index (χ0v) is 14.7. The number of halogens is 1. The van der Waals surface area contributed by atoms with Gasteiger partial charge in [-0.05, 0) is 44.2 Å². The van der Waals surface area contributed by atoms with Gasteiger partial charge in [-0.2, -0.15) is 0 Å². The summed E-state index contributed by atoms with van der Waals surface area (Å²) in [6.07, 6.45) is 1.78. The van der Waals surface area contributed by atoms with Crippen LogP contribution < -0.4 is 0 Å². The standard InChI is InChI=1S/C20H15FN6/c1-11-10-22-12(2)20-25-19(26-27(11)20)14-6-7-16-17(9-14)24-18(23-16)13-4-3-5-15(21)8-13/h3-10H,1-2H3,(H,23,24). The summed E-state index contributed by atoms with van der Waals surface area (Å²) >= 11 is 0. The van der Waals surface area contributed by atoms with Crippen molar-refractivity contribution in [3.8, 4) is 22.8 Å². The molecule has 0 bridgehead atoms. The van der Waals surface area contributed by atoms with E-state index in [9.17, 15) is 4.39 Å². The van der Waals surface area contributed by atoms with Gasteiger partial charge in [-0.3, -0.25) is 4.98 Å². The molecule has 6 nitrogen and oxygen atoms in total. The zero-order valence-electron chi connectivity index (χ0n) is 14.7. The van der Waals surface area contributed by atoms with Crippen LogP contribution in [0, 0.1) is 19.7 Å². The molecule has 1 N–H and O–H groups in total. The number of aryl methyl sites for hydroxylation is 2. The highest BCUT2D eigenvalue weighted by atomic mass is 19.1. The number of nitrogens with one attached hydrogen (secondary N) is 1. The molecular formula is C20H15FN6. The van der Waals surface area contributed by atoms with Crippen molar-refractivity contribution < 1.29 is 4.39 Å². The van der Waals surface area contributed by atoms with Crippen molar-refractivity contribution in [2.45, 2.75) is 13.8 Å². The van der Waals surface area contributed by atoms with Crippen molar-refractivity contribution >= 4 is 16.7 Å². The minimum Gasteiger partial charge on any atom is -0.338 e. The number of aromatic amines is 1. The number of aromatic nitrogens is 6. The lowest BCUT2D eigenvalue weighted by Crippen LogP contribution is -1.97. The Hall–Kier alpha value is -3.61. The molecule has 0 saturated heterocycles. The highest BCUT2D eigenvalue weighted by Crippen LogP contribution is 2.25. The lowest BCUT2D eigenvalue weighted by Gasteiger charge is -1.97. The Kier molecular flexibility index (Phi) is 3.30. The smallest absolute Gasteiger partial charge is 0.182 e. The van der Waals surface area contributed by atoms with E-state index < -0.39 is 0 Å². The fourth-order valence-electron chi connectivity index (χ4n) is 3.13. The van der Waals surface area contributed by atoms with Gasteiger partial charge in [0, 0.05) is 17.3 Å². The first-order valence-corrected chi connectivity index (χ1v) is 8.53. The third-order valence-electron chi connectivity index (χ3n) is 4.55. The molecule has 0 aliphatic carbocycles. The number of imidazole rings is 1. The van der Waals surface area contributed by atoms with Gasteiger partial charge in [0.15, 0.2) is 11.5 Å². The Bertz CT molecular complexity index is 1280. The fraction of sp³-hybridized carbons (Fsp3) is 0.100.